The van der Waals surface area contributed by atoms with E-state index in [1.807, 2.05) is 12.1 Å². The van der Waals surface area contributed by atoms with Gasteiger partial charge >= 0.3 is 0 Å². The number of primary amides is 1. The highest BCUT2D eigenvalue weighted by molar-refractivity contribution is 5.94. The zero-order chi connectivity index (χ0) is 14.8. The number of nitrogens with two attached hydrogens (primary N) is 1. The molecular formula is C14H14N4O3. The molecule has 0 spiro atoms. The Labute approximate surface area is 120 Å². The lowest BCUT2D eigenvalue weighted by molar-refractivity contribution is -0.120. The highest BCUT2D eigenvalue weighted by atomic mass is 16.5. The van der Waals surface area contributed by atoms with Crippen molar-refractivity contribution in [2.45, 2.75) is 12.3 Å². The normalized spacial score (nSPS) is 17.0. The Balaban J connectivity index is 1.82. The number of nitrogens with zero attached hydrogens (tertiary/aromatic N) is 1. The third kappa shape index (κ3) is 2.71. The van der Waals surface area contributed by atoms with E-state index in [2.05, 4.69) is 15.5 Å². The summed E-state index contributed by atoms with van der Waals surface area (Å²) >= 11 is 0. The molecule has 2 heterocycles. The predicted octanol–water partition coefficient (Wildman–Crippen LogP) is 0.748. The minimum Gasteiger partial charge on any atom is -0.484 e. The molecule has 0 saturated heterocycles. The SMILES string of the molecule is NC(=O)COc1ccc([C@@H]2CC(=O)Nc3[nH]ncc32)cc1. The molecule has 0 unspecified atom stereocenters. The van der Waals surface area contributed by atoms with Gasteiger partial charge < -0.3 is 15.8 Å². The van der Waals surface area contributed by atoms with Crippen LogP contribution in [0, 0.1) is 0 Å². The Morgan fingerprint density at radius 2 is 2.14 bits per heavy atom. The number of nitrogens with one attached hydrogen (secondary N) is 2. The van der Waals surface area contributed by atoms with Gasteiger partial charge in [-0.1, -0.05) is 12.1 Å². The first-order valence-electron chi connectivity index (χ1n) is 6.47. The van der Waals surface area contributed by atoms with E-state index in [0.717, 1.165) is 11.1 Å². The van der Waals surface area contributed by atoms with Crippen LogP contribution in [0.3, 0.4) is 0 Å². The molecule has 0 aliphatic carbocycles. The van der Waals surface area contributed by atoms with Crippen LogP contribution in [0.4, 0.5) is 5.82 Å². The highest BCUT2D eigenvalue weighted by Gasteiger charge is 2.27. The number of H-pyrrole nitrogens is 1. The van der Waals surface area contributed by atoms with Gasteiger partial charge in [-0.3, -0.25) is 14.7 Å². The molecule has 7 nitrogen and oxygen atoms in total. The third-order valence-corrected chi connectivity index (χ3v) is 3.36. The number of rotatable bonds is 4. The quantitative estimate of drug-likeness (QED) is 0.770. The van der Waals surface area contributed by atoms with Crippen molar-refractivity contribution in [2.24, 2.45) is 5.73 Å². The Bertz CT molecular complexity index is 678. The molecule has 4 N–H and O–H groups in total. The van der Waals surface area contributed by atoms with Crippen molar-refractivity contribution in [2.75, 3.05) is 11.9 Å². The van der Waals surface area contributed by atoms with Crippen molar-refractivity contribution in [3.63, 3.8) is 0 Å². The maximum atomic E-state index is 11.7. The van der Waals surface area contributed by atoms with Crippen molar-refractivity contribution < 1.29 is 14.3 Å². The summed E-state index contributed by atoms with van der Waals surface area (Å²) in [6.45, 7) is -0.156. The van der Waals surface area contributed by atoms with Crippen LogP contribution in [0.5, 0.6) is 5.75 Å². The van der Waals surface area contributed by atoms with Crippen molar-refractivity contribution in [3.05, 3.63) is 41.6 Å². The minimum absolute atomic E-state index is 0.0438. The summed E-state index contributed by atoms with van der Waals surface area (Å²) in [4.78, 5) is 22.4. The van der Waals surface area contributed by atoms with Crippen molar-refractivity contribution in [1.82, 2.24) is 10.2 Å². The van der Waals surface area contributed by atoms with Crippen molar-refractivity contribution in [1.29, 1.82) is 0 Å². The van der Waals surface area contributed by atoms with Crippen LogP contribution < -0.4 is 15.8 Å². The number of aromatic nitrogens is 2. The fourth-order valence-electron chi connectivity index (χ4n) is 2.39. The molecule has 21 heavy (non-hydrogen) atoms. The zero-order valence-electron chi connectivity index (χ0n) is 11.1. The molecule has 0 bridgehead atoms. The zero-order valence-corrected chi connectivity index (χ0v) is 11.1. The van der Waals surface area contributed by atoms with Crippen LogP contribution in [-0.4, -0.2) is 28.6 Å². The number of carbonyl (C=O) groups is 2. The summed E-state index contributed by atoms with van der Waals surface area (Å²) in [7, 11) is 0. The predicted molar refractivity (Wildman–Crippen MR) is 74.8 cm³/mol. The highest BCUT2D eigenvalue weighted by Crippen LogP contribution is 2.36. The summed E-state index contributed by atoms with van der Waals surface area (Å²) in [5.74, 6) is 0.588. The van der Waals surface area contributed by atoms with Gasteiger partial charge in [-0.2, -0.15) is 5.10 Å². The van der Waals surface area contributed by atoms with E-state index in [0.29, 0.717) is 18.0 Å². The van der Waals surface area contributed by atoms with Gasteiger partial charge in [0, 0.05) is 17.9 Å². The first-order valence-corrected chi connectivity index (χ1v) is 6.47. The molecule has 7 heteroatoms. The lowest BCUT2D eigenvalue weighted by Crippen LogP contribution is -2.23. The van der Waals surface area contributed by atoms with Crippen molar-refractivity contribution >= 4 is 17.6 Å². The summed E-state index contributed by atoms with van der Waals surface area (Å²) in [5, 5.41) is 9.49. The summed E-state index contributed by atoms with van der Waals surface area (Å²) in [5.41, 5.74) is 6.97. The lowest BCUT2D eigenvalue weighted by atomic mass is 9.87. The first kappa shape index (κ1) is 13.2. The van der Waals surface area contributed by atoms with E-state index in [9.17, 15) is 9.59 Å². The fraction of sp³-hybridized carbons (Fsp3) is 0.214. The van der Waals surface area contributed by atoms with E-state index in [1.165, 1.54) is 0 Å². The molecule has 108 valence electrons. The van der Waals surface area contributed by atoms with Crippen LogP contribution in [-0.2, 0) is 9.59 Å². The third-order valence-electron chi connectivity index (χ3n) is 3.36. The molecule has 2 aromatic rings. The van der Waals surface area contributed by atoms with E-state index in [-0.39, 0.29) is 18.4 Å². The number of amides is 2. The molecule has 1 aliphatic rings. The molecule has 2 amide bonds. The summed E-state index contributed by atoms with van der Waals surface area (Å²) < 4.78 is 5.21. The van der Waals surface area contributed by atoms with Gasteiger partial charge in [0.15, 0.2) is 6.61 Å². The molecule has 1 aliphatic heterocycles. The van der Waals surface area contributed by atoms with E-state index in [1.54, 1.807) is 18.3 Å². The van der Waals surface area contributed by atoms with Crippen LogP contribution in [0.25, 0.3) is 0 Å². The Hall–Kier alpha value is -2.83. The second-order valence-electron chi connectivity index (χ2n) is 4.83. The Kier molecular flexibility index (Phi) is 3.31. The molecule has 1 aromatic carbocycles. The Morgan fingerprint density at radius 3 is 2.86 bits per heavy atom. The number of anilines is 1. The molecule has 0 saturated carbocycles. The van der Waals surface area contributed by atoms with Crippen LogP contribution in [0.15, 0.2) is 30.5 Å². The number of hydrogen-bond acceptors (Lipinski definition) is 4. The van der Waals surface area contributed by atoms with Crippen molar-refractivity contribution in [3.8, 4) is 5.75 Å². The average Bonchev–Trinajstić information content (AvgIpc) is 2.93. The second-order valence-corrected chi connectivity index (χ2v) is 4.83. The second kappa shape index (κ2) is 5.28. The number of benzene rings is 1. The van der Waals surface area contributed by atoms with E-state index < -0.39 is 5.91 Å². The van der Waals surface area contributed by atoms with Gasteiger partial charge in [-0.25, -0.2) is 0 Å². The fourth-order valence-corrected chi connectivity index (χ4v) is 2.39. The molecule has 3 rings (SSSR count). The van der Waals surface area contributed by atoms with Gasteiger partial charge in [0.05, 0.1) is 6.20 Å². The van der Waals surface area contributed by atoms with E-state index >= 15 is 0 Å². The summed E-state index contributed by atoms with van der Waals surface area (Å²) in [6.07, 6.45) is 2.09. The number of ether oxygens (including phenoxy) is 1. The standard InChI is InChI=1S/C14H14N4O3/c15-12(19)7-21-9-3-1-8(2-4-9)10-5-13(20)17-14-11(10)6-16-18-14/h1-4,6,10H,5,7H2,(H2,15,19)(H2,16,17,18,20)/t10-/m0/s1. The smallest absolute Gasteiger partial charge is 0.255 e. The number of carbonyl (C=O) groups excluding carboxylic acids is 2. The molecule has 1 atom stereocenters. The van der Waals surface area contributed by atoms with Gasteiger partial charge in [-0.05, 0) is 17.7 Å². The van der Waals surface area contributed by atoms with Crippen LogP contribution in [0.1, 0.15) is 23.5 Å². The van der Waals surface area contributed by atoms with Crippen LogP contribution in [0.2, 0.25) is 0 Å². The first-order chi connectivity index (χ1) is 10.1. The van der Waals surface area contributed by atoms with Gasteiger partial charge in [0.2, 0.25) is 5.91 Å². The van der Waals surface area contributed by atoms with E-state index in [4.69, 9.17) is 10.5 Å². The molecule has 0 fully saturated rings. The molecular weight excluding hydrogens is 272 g/mol. The molecule has 1 aromatic heterocycles. The Morgan fingerprint density at radius 1 is 1.38 bits per heavy atom. The lowest BCUT2D eigenvalue weighted by Gasteiger charge is -2.22. The van der Waals surface area contributed by atoms with Crippen LogP contribution >= 0.6 is 0 Å². The molecule has 0 radical (unpaired) electrons. The van der Waals surface area contributed by atoms with Gasteiger partial charge in [0.1, 0.15) is 11.6 Å². The maximum absolute atomic E-state index is 11.7. The number of aromatic amines is 1. The monoisotopic (exact) mass is 286 g/mol. The minimum atomic E-state index is -0.522. The largest absolute Gasteiger partial charge is 0.484 e. The topological polar surface area (TPSA) is 110 Å². The van der Waals surface area contributed by atoms with Gasteiger partial charge in [-0.15, -0.1) is 0 Å². The summed E-state index contributed by atoms with van der Waals surface area (Å²) in [6, 6.07) is 7.25. The number of fused-ring (bicyclic) bond motifs is 1. The maximum Gasteiger partial charge on any atom is 0.255 e. The average molecular weight is 286 g/mol. The number of hydrogen-bond donors (Lipinski definition) is 3. The van der Waals surface area contributed by atoms with Gasteiger partial charge in [0.25, 0.3) is 5.91 Å².